The fraction of sp³-hybridized carbons (Fsp3) is 0.424. The van der Waals surface area contributed by atoms with E-state index in [1.54, 1.807) is 24.3 Å². The second-order valence-corrected chi connectivity index (χ2v) is 12.9. The smallest absolute Gasteiger partial charge is 0.268 e. The lowest BCUT2D eigenvalue weighted by molar-refractivity contribution is 0.0969. The molecule has 1 aliphatic carbocycles. The molecule has 1 atom stereocenters. The monoisotopic (exact) mass is 609 g/mol. The van der Waals surface area contributed by atoms with Gasteiger partial charge in [-0.25, -0.2) is 13.1 Å². The standard InChI is InChI=1S/C33H43N3O6S/c34-28-16-13-26(14-17-28)31(38)23-35-19-4-6-24-9-11-25(12-10-24)27-15-18-30(33(39)36-43(40,41)21-5-20-37)32(22-27)42-29-7-2-1-3-8-29/h9-18,22,29,31,35,37-38H,1-8,19-21,23,34H2,(H,36,39)/t31-/m1/s1. The number of rotatable bonds is 15. The number of aliphatic hydroxyl groups is 2. The number of amides is 1. The zero-order chi connectivity index (χ0) is 30.7. The number of anilines is 1. The Labute approximate surface area is 254 Å². The zero-order valence-electron chi connectivity index (χ0n) is 24.5. The molecular weight excluding hydrogens is 566 g/mol. The van der Waals surface area contributed by atoms with Crippen LogP contribution in [-0.4, -0.2) is 56.1 Å². The molecular formula is C33H43N3O6S. The molecule has 0 bridgehead atoms. The number of ether oxygens (including phenoxy) is 1. The number of nitrogens with two attached hydrogens (primary N) is 1. The number of nitrogen functional groups attached to an aromatic ring is 1. The lowest BCUT2D eigenvalue weighted by Gasteiger charge is -2.24. The molecule has 232 valence electrons. The van der Waals surface area contributed by atoms with Crippen LogP contribution in [0, 0.1) is 0 Å². The van der Waals surface area contributed by atoms with E-state index in [4.69, 9.17) is 15.6 Å². The van der Waals surface area contributed by atoms with Crippen molar-refractivity contribution in [2.75, 3.05) is 31.2 Å². The first-order chi connectivity index (χ1) is 20.7. The third-order valence-electron chi connectivity index (χ3n) is 7.66. The largest absolute Gasteiger partial charge is 0.490 e. The molecule has 3 aromatic rings. The third-order valence-corrected chi connectivity index (χ3v) is 8.98. The van der Waals surface area contributed by atoms with E-state index < -0.39 is 22.0 Å². The molecule has 10 heteroatoms. The number of carbonyl (C=O) groups is 1. The number of nitrogens with one attached hydrogen (secondary N) is 2. The van der Waals surface area contributed by atoms with Crippen LogP contribution in [0.3, 0.4) is 0 Å². The average Bonchev–Trinajstić information content (AvgIpc) is 3.00. The number of aryl methyl sites for hydroxylation is 1. The highest BCUT2D eigenvalue weighted by Gasteiger charge is 2.23. The minimum Gasteiger partial charge on any atom is -0.490 e. The van der Waals surface area contributed by atoms with Gasteiger partial charge >= 0.3 is 0 Å². The summed E-state index contributed by atoms with van der Waals surface area (Å²) in [7, 11) is -3.87. The molecule has 43 heavy (non-hydrogen) atoms. The number of carbonyl (C=O) groups excluding carboxylic acids is 1. The van der Waals surface area contributed by atoms with Gasteiger partial charge in [0, 0.05) is 18.8 Å². The van der Waals surface area contributed by atoms with E-state index in [-0.39, 0.29) is 30.4 Å². The minimum absolute atomic E-state index is 0.0230. The van der Waals surface area contributed by atoms with Crippen molar-refractivity contribution < 1.29 is 28.2 Å². The van der Waals surface area contributed by atoms with Crippen LogP contribution in [0.4, 0.5) is 5.69 Å². The van der Waals surface area contributed by atoms with Gasteiger partial charge in [0.05, 0.1) is 23.5 Å². The predicted molar refractivity (Wildman–Crippen MR) is 169 cm³/mol. The van der Waals surface area contributed by atoms with Crippen molar-refractivity contribution in [3.63, 3.8) is 0 Å². The molecule has 0 aliphatic heterocycles. The van der Waals surface area contributed by atoms with Crippen molar-refractivity contribution >= 4 is 21.6 Å². The second kappa shape index (κ2) is 15.9. The Hall–Kier alpha value is -3.44. The highest BCUT2D eigenvalue weighted by molar-refractivity contribution is 7.90. The van der Waals surface area contributed by atoms with Crippen LogP contribution in [0.25, 0.3) is 11.1 Å². The molecule has 1 aliphatic rings. The molecule has 0 aromatic heterocycles. The van der Waals surface area contributed by atoms with Crippen LogP contribution >= 0.6 is 0 Å². The Morgan fingerprint density at radius 3 is 2.35 bits per heavy atom. The van der Waals surface area contributed by atoms with Gasteiger partial charge in [0.25, 0.3) is 5.91 Å². The first-order valence-electron chi connectivity index (χ1n) is 15.0. The van der Waals surface area contributed by atoms with Gasteiger partial charge in [0.1, 0.15) is 5.75 Å². The fourth-order valence-electron chi connectivity index (χ4n) is 5.21. The van der Waals surface area contributed by atoms with Gasteiger partial charge in [-0.2, -0.15) is 0 Å². The number of aliphatic hydroxyl groups excluding tert-OH is 2. The Balaban J connectivity index is 1.37. The highest BCUT2D eigenvalue weighted by atomic mass is 32.2. The van der Waals surface area contributed by atoms with Crippen LogP contribution in [0.5, 0.6) is 5.75 Å². The molecule has 1 fully saturated rings. The van der Waals surface area contributed by atoms with Gasteiger partial charge in [-0.1, -0.05) is 48.9 Å². The summed E-state index contributed by atoms with van der Waals surface area (Å²) in [5.41, 5.74) is 10.4. The molecule has 0 unspecified atom stereocenters. The maximum absolute atomic E-state index is 13.0. The summed E-state index contributed by atoms with van der Waals surface area (Å²) in [5, 5.41) is 22.6. The van der Waals surface area contributed by atoms with Gasteiger partial charge in [-0.05, 0) is 98.0 Å². The quantitative estimate of drug-likeness (QED) is 0.126. The fourth-order valence-corrected chi connectivity index (χ4v) is 6.21. The van der Waals surface area contributed by atoms with Crippen molar-refractivity contribution in [1.29, 1.82) is 0 Å². The summed E-state index contributed by atoms with van der Waals surface area (Å²) in [5.74, 6) is -0.698. The van der Waals surface area contributed by atoms with E-state index in [9.17, 15) is 18.3 Å². The van der Waals surface area contributed by atoms with E-state index in [0.717, 1.165) is 68.2 Å². The second-order valence-electron chi connectivity index (χ2n) is 11.1. The van der Waals surface area contributed by atoms with Gasteiger partial charge in [0.2, 0.25) is 10.0 Å². The molecule has 0 heterocycles. The molecule has 1 amide bonds. The Morgan fingerprint density at radius 2 is 1.65 bits per heavy atom. The van der Waals surface area contributed by atoms with Crippen LogP contribution in [0.2, 0.25) is 0 Å². The number of benzene rings is 3. The Kier molecular flexibility index (Phi) is 12.0. The molecule has 0 spiro atoms. The van der Waals surface area contributed by atoms with Crippen molar-refractivity contribution in [2.24, 2.45) is 0 Å². The van der Waals surface area contributed by atoms with E-state index in [0.29, 0.717) is 18.0 Å². The van der Waals surface area contributed by atoms with Crippen molar-refractivity contribution in [2.45, 2.75) is 63.6 Å². The van der Waals surface area contributed by atoms with Crippen molar-refractivity contribution in [3.8, 4) is 16.9 Å². The SMILES string of the molecule is Nc1ccc([C@H](O)CNCCCc2ccc(-c3ccc(C(=O)NS(=O)(=O)CCCO)c(OC4CCCCC4)c3)cc2)cc1. The van der Waals surface area contributed by atoms with Crippen LogP contribution in [0.1, 0.15) is 72.5 Å². The molecule has 4 rings (SSSR count). The summed E-state index contributed by atoms with van der Waals surface area (Å²) in [4.78, 5) is 13.0. The van der Waals surface area contributed by atoms with Gasteiger partial charge in [0.15, 0.2) is 0 Å². The number of hydrogen-bond donors (Lipinski definition) is 5. The summed E-state index contributed by atoms with van der Waals surface area (Å²) < 4.78 is 33.0. The molecule has 0 radical (unpaired) electrons. The summed E-state index contributed by atoms with van der Waals surface area (Å²) in [6.07, 6.45) is 6.29. The molecule has 1 saturated carbocycles. The van der Waals surface area contributed by atoms with Crippen molar-refractivity contribution in [1.82, 2.24) is 10.0 Å². The maximum Gasteiger partial charge on any atom is 0.268 e. The van der Waals surface area contributed by atoms with Crippen LogP contribution in [0.15, 0.2) is 66.7 Å². The molecule has 6 N–H and O–H groups in total. The minimum atomic E-state index is -3.87. The van der Waals surface area contributed by atoms with Crippen LogP contribution < -0.4 is 20.5 Å². The van der Waals surface area contributed by atoms with Gasteiger partial charge < -0.3 is 26.0 Å². The van der Waals surface area contributed by atoms with E-state index in [1.807, 2.05) is 30.3 Å². The Morgan fingerprint density at radius 1 is 0.953 bits per heavy atom. The van der Waals surface area contributed by atoms with Gasteiger partial charge in [-0.3, -0.25) is 4.79 Å². The van der Waals surface area contributed by atoms with E-state index in [1.165, 1.54) is 5.56 Å². The topological polar surface area (TPSA) is 151 Å². The Bertz CT molecular complexity index is 1420. The molecule has 9 nitrogen and oxygen atoms in total. The summed E-state index contributed by atoms with van der Waals surface area (Å²) in [6.45, 7) is 0.969. The summed E-state index contributed by atoms with van der Waals surface area (Å²) in [6, 6.07) is 20.7. The summed E-state index contributed by atoms with van der Waals surface area (Å²) >= 11 is 0. The average molecular weight is 610 g/mol. The first-order valence-corrected chi connectivity index (χ1v) is 16.7. The lowest BCUT2D eigenvalue weighted by Crippen LogP contribution is -2.33. The molecule has 3 aromatic carbocycles. The van der Waals surface area contributed by atoms with Gasteiger partial charge in [-0.15, -0.1) is 0 Å². The normalized spacial score (nSPS) is 14.7. The number of hydrogen-bond acceptors (Lipinski definition) is 8. The van der Waals surface area contributed by atoms with Crippen molar-refractivity contribution in [3.05, 3.63) is 83.4 Å². The third kappa shape index (κ3) is 10.1. The zero-order valence-corrected chi connectivity index (χ0v) is 25.3. The highest BCUT2D eigenvalue weighted by Crippen LogP contribution is 2.31. The van der Waals surface area contributed by atoms with E-state index in [2.05, 4.69) is 22.2 Å². The first kappa shape index (κ1) is 32.5. The van der Waals surface area contributed by atoms with E-state index >= 15 is 0 Å². The number of sulfonamides is 1. The molecule has 0 saturated heterocycles. The predicted octanol–water partition coefficient (Wildman–Crippen LogP) is 4.35. The maximum atomic E-state index is 13.0. The van der Waals surface area contributed by atoms with Crippen LogP contribution in [-0.2, 0) is 16.4 Å². The lowest BCUT2D eigenvalue weighted by atomic mass is 9.97.